The second-order valence-corrected chi connectivity index (χ2v) is 7.23. The van der Waals surface area contributed by atoms with Crippen molar-refractivity contribution in [1.82, 2.24) is 9.66 Å². The number of halogens is 2. The Morgan fingerprint density at radius 1 is 1.38 bits per heavy atom. The molecule has 0 spiro atoms. The Labute approximate surface area is 180 Å². The first-order valence-corrected chi connectivity index (χ1v) is 9.78. The zero-order valence-corrected chi connectivity index (χ0v) is 18.0. The van der Waals surface area contributed by atoms with E-state index in [9.17, 15) is 4.79 Å². The monoisotopic (exact) mass is 474 g/mol. The summed E-state index contributed by atoms with van der Waals surface area (Å²) in [5.74, 6) is 1.18. The van der Waals surface area contributed by atoms with E-state index in [-0.39, 0.29) is 12.2 Å². The Morgan fingerprint density at radius 2 is 2.17 bits per heavy atom. The molecule has 7 nitrogen and oxygen atoms in total. The van der Waals surface area contributed by atoms with Crippen LogP contribution in [0.3, 0.4) is 0 Å². The summed E-state index contributed by atoms with van der Waals surface area (Å²) in [6, 6.07) is 10.4. The van der Waals surface area contributed by atoms with Crippen LogP contribution in [-0.4, -0.2) is 29.6 Å². The van der Waals surface area contributed by atoms with Crippen LogP contribution >= 0.6 is 27.5 Å². The van der Waals surface area contributed by atoms with E-state index in [2.05, 4.69) is 26.0 Å². The molecule has 0 atom stereocenters. The maximum Gasteiger partial charge on any atom is 0.282 e. The number of ether oxygens (including phenoxy) is 2. The van der Waals surface area contributed by atoms with Crippen LogP contribution in [0.1, 0.15) is 18.3 Å². The van der Waals surface area contributed by atoms with E-state index in [0.29, 0.717) is 45.2 Å². The third-order valence-electron chi connectivity index (χ3n) is 4.05. The smallest absolute Gasteiger partial charge is 0.282 e. The maximum absolute atomic E-state index is 13.0. The van der Waals surface area contributed by atoms with Crippen LogP contribution in [0.5, 0.6) is 11.5 Å². The number of aryl methyl sites for hydroxylation is 1. The second kappa shape index (κ2) is 9.07. The number of hydrogen-bond acceptors (Lipinski definition) is 6. The quantitative estimate of drug-likeness (QED) is 0.499. The summed E-state index contributed by atoms with van der Waals surface area (Å²) in [7, 11) is 1.47. The highest BCUT2D eigenvalue weighted by atomic mass is 79.9. The first-order valence-electron chi connectivity index (χ1n) is 8.61. The van der Waals surface area contributed by atoms with Crippen molar-refractivity contribution in [1.29, 1.82) is 5.26 Å². The average Bonchev–Trinajstić information content (AvgIpc) is 2.72. The highest BCUT2D eigenvalue weighted by Gasteiger charge is 2.13. The topological polar surface area (TPSA) is 89.5 Å². The van der Waals surface area contributed by atoms with Gasteiger partial charge in [-0.15, -0.1) is 0 Å². The van der Waals surface area contributed by atoms with Crippen molar-refractivity contribution in [2.75, 3.05) is 13.7 Å². The van der Waals surface area contributed by atoms with Crippen molar-refractivity contribution in [3.63, 3.8) is 0 Å². The highest BCUT2D eigenvalue weighted by molar-refractivity contribution is 9.10. The summed E-state index contributed by atoms with van der Waals surface area (Å²) in [6.45, 7) is 1.72. The van der Waals surface area contributed by atoms with Crippen LogP contribution < -0.4 is 15.0 Å². The van der Waals surface area contributed by atoms with Crippen LogP contribution in [0.15, 0.2) is 44.7 Å². The molecule has 2 aromatic carbocycles. The van der Waals surface area contributed by atoms with Crippen molar-refractivity contribution in [2.24, 2.45) is 5.10 Å². The molecule has 0 unspecified atom stereocenters. The minimum atomic E-state index is -0.294. The van der Waals surface area contributed by atoms with Crippen molar-refractivity contribution in [3.05, 3.63) is 61.6 Å². The molecule has 0 saturated heterocycles. The summed E-state index contributed by atoms with van der Waals surface area (Å²) < 4.78 is 12.8. The Bertz CT molecular complexity index is 1200. The Kier molecular flexibility index (Phi) is 6.52. The number of nitriles is 1. The summed E-state index contributed by atoms with van der Waals surface area (Å²) in [6.07, 6.45) is 1.95. The third kappa shape index (κ3) is 4.42. The third-order valence-corrected chi connectivity index (χ3v) is 4.76. The normalized spacial score (nSPS) is 11.0. The number of methoxy groups -OCH3 is 1. The van der Waals surface area contributed by atoms with E-state index in [1.165, 1.54) is 18.0 Å². The van der Waals surface area contributed by atoms with Gasteiger partial charge >= 0.3 is 0 Å². The number of rotatable bonds is 6. The molecule has 0 aliphatic rings. The van der Waals surface area contributed by atoms with E-state index in [1.54, 1.807) is 24.3 Å². The molecule has 1 aromatic heterocycles. The molecule has 0 aliphatic heterocycles. The van der Waals surface area contributed by atoms with Crippen LogP contribution in [0.2, 0.25) is 5.02 Å². The molecule has 148 valence electrons. The molecule has 0 aliphatic carbocycles. The summed E-state index contributed by atoms with van der Waals surface area (Å²) >= 11 is 9.53. The first-order chi connectivity index (χ1) is 14.0. The highest BCUT2D eigenvalue weighted by Crippen LogP contribution is 2.33. The minimum Gasteiger partial charge on any atom is -0.493 e. The van der Waals surface area contributed by atoms with Gasteiger partial charge in [-0.25, -0.2) is 4.98 Å². The van der Waals surface area contributed by atoms with E-state index in [1.807, 2.05) is 19.1 Å². The molecular formula is C20H16BrClN4O3. The lowest BCUT2D eigenvalue weighted by atomic mass is 10.2. The van der Waals surface area contributed by atoms with Gasteiger partial charge in [0.05, 0.1) is 24.2 Å². The number of hydrogen-bond donors (Lipinski definition) is 0. The van der Waals surface area contributed by atoms with Crippen LogP contribution in [-0.2, 0) is 6.42 Å². The van der Waals surface area contributed by atoms with Crippen molar-refractivity contribution in [2.45, 2.75) is 13.3 Å². The van der Waals surface area contributed by atoms with Gasteiger partial charge in [0, 0.05) is 27.5 Å². The van der Waals surface area contributed by atoms with Gasteiger partial charge < -0.3 is 9.47 Å². The number of fused-ring (bicyclic) bond motifs is 1. The number of benzene rings is 2. The standard InChI is InChI=1S/C20H16BrClN4O3/c1-3-18-25-16-5-4-13(21)9-15(16)20(27)26(18)24-11-12-8-14(22)10-17(28-2)19(12)29-7-6-23/h4-5,8-11H,3,7H2,1-2H3. The van der Waals surface area contributed by atoms with Gasteiger partial charge in [0.15, 0.2) is 18.1 Å². The van der Waals surface area contributed by atoms with E-state index < -0.39 is 0 Å². The molecule has 0 radical (unpaired) electrons. The molecule has 0 saturated carbocycles. The molecule has 29 heavy (non-hydrogen) atoms. The lowest BCUT2D eigenvalue weighted by molar-refractivity contribution is 0.329. The molecule has 3 rings (SSSR count). The number of aromatic nitrogens is 2. The van der Waals surface area contributed by atoms with Gasteiger partial charge in [0.2, 0.25) is 0 Å². The SMILES string of the molecule is CCc1nc2ccc(Br)cc2c(=O)n1N=Cc1cc(Cl)cc(OC)c1OCC#N. The van der Waals surface area contributed by atoms with E-state index in [0.717, 1.165) is 4.47 Å². The van der Waals surface area contributed by atoms with Gasteiger partial charge in [-0.05, 0) is 24.3 Å². The van der Waals surface area contributed by atoms with Crippen molar-refractivity contribution >= 4 is 44.6 Å². The van der Waals surface area contributed by atoms with Crippen molar-refractivity contribution in [3.8, 4) is 17.6 Å². The van der Waals surface area contributed by atoms with E-state index >= 15 is 0 Å². The molecule has 0 N–H and O–H groups in total. The summed E-state index contributed by atoms with van der Waals surface area (Å²) in [4.78, 5) is 17.5. The van der Waals surface area contributed by atoms with Crippen molar-refractivity contribution < 1.29 is 9.47 Å². The van der Waals surface area contributed by atoms with Gasteiger partial charge in [-0.1, -0.05) is 34.5 Å². The fourth-order valence-corrected chi connectivity index (χ4v) is 3.34. The van der Waals surface area contributed by atoms with Gasteiger partial charge in [0.25, 0.3) is 5.56 Å². The Morgan fingerprint density at radius 3 is 2.86 bits per heavy atom. The Balaban J connectivity index is 2.16. The first kappa shape index (κ1) is 20.8. The predicted octanol–water partition coefficient (Wildman–Crippen LogP) is 4.17. The summed E-state index contributed by atoms with van der Waals surface area (Å²) in [5, 5.41) is 14.0. The maximum atomic E-state index is 13.0. The second-order valence-electron chi connectivity index (χ2n) is 5.88. The molecule has 0 amide bonds. The molecule has 0 fully saturated rings. The largest absolute Gasteiger partial charge is 0.493 e. The minimum absolute atomic E-state index is 0.176. The lowest BCUT2D eigenvalue weighted by Gasteiger charge is -2.12. The fourth-order valence-electron chi connectivity index (χ4n) is 2.76. The zero-order valence-electron chi connectivity index (χ0n) is 15.6. The van der Waals surface area contributed by atoms with Crippen LogP contribution in [0.4, 0.5) is 0 Å². The van der Waals surface area contributed by atoms with E-state index in [4.69, 9.17) is 26.3 Å². The van der Waals surface area contributed by atoms with Gasteiger partial charge in [0.1, 0.15) is 11.9 Å². The molecule has 9 heteroatoms. The fraction of sp³-hybridized carbons (Fsp3) is 0.200. The molecule has 3 aromatic rings. The van der Waals surface area contributed by atoms with Gasteiger partial charge in [-0.2, -0.15) is 15.0 Å². The number of nitrogens with zero attached hydrogens (tertiary/aromatic N) is 4. The lowest BCUT2D eigenvalue weighted by Crippen LogP contribution is -2.22. The molecule has 0 bridgehead atoms. The van der Waals surface area contributed by atoms with Gasteiger partial charge in [-0.3, -0.25) is 4.79 Å². The molecule has 1 heterocycles. The van der Waals surface area contributed by atoms with Crippen LogP contribution in [0.25, 0.3) is 10.9 Å². The summed E-state index contributed by atoms with van der Waals surface area (Å²) in [5.41, 5.74) is 0.773. The Hall–Kier alpha value is -2.89. The molecular weight excluding hydrogens is 460 g/mol. The average molecular weight is 476 g/mol. The predicted molar refractivity (Wildman–Crippen MR) is 115 cm³/mol. The zero-order chi connectivity index (χ0) is 21.0. The van der Waals surface area contributed by atoms with Crippen LogP contribution in [0, 0.1) is 11.3 Å².